The Morgan fingerprint density at radius 1 is 1.29 bits per heavy atom. The molecule has 0 aliphatic carbocycles. The molecule has 114 valence electrons. The van der Waals surface area contributed by atoms with Gasteiger partial charge in [0.05, 0.1) is 36.1 Å². The van der Waals surface area contributed by atoms with Crippen LogP contribution in [0.1, 0.15) is 18.2 Å². The van der Waals surface area contributed by atoms with Crippen LogP contribution in [-0.4, -0.2) is 35.2 Å². The molecule has 1 aromatic heterocycles. The van der Waals surface area contributed by atoms with Crippen LogP contribution < -0.4 is 4.74 Å². The van der Waals surface area contributed by atoms with Crippen molar-refractivity contribution >= 4 is 15.9 Å². The Morgan fingerprint density at radius 3 is 2.76 bits per heavy atom. The topological polar surface area (TPSA) is 56.5 Å². The Balaban J connectivity index is 1.90. The summed E-state index contributed by atoms with van der Waals surface area (Å²) in [7, 11) is 1.64. The van der Waals surface area contributed by atoms with Crippen molar-refractivity contribution in [1.82, 2.24) is 9.78 Å². The molecule has 1 atom stereocenters. The molecule has 2 rings (SSSR count). The second kappa shape index (κ2) is 8.17. The Morgan fingerprint density at radius 2 is 2.05 bits per heavy atom. The smallest absolute Gasteiger partial charge is 0.119 e. The van der Waals surface area contributed by atoms with Crippen LogP contribution in [0, 0.1) is 0 Å². The molecule has 1 aromatic carbocycles. The van der Waals surface area contributed by atoms with E-state index in [4.69, 9.17) is 9.47 Å². The standard InChI is InChI=1S/C15H19BrN2O3/c1-20-10-8-18-15(13(16)11-17-18)14(19)7-9-21-12-5-3-2-4-6-12/h2-6,11,14,19H,7-10H2,1H3. The fourth-order valence-corrected chi connectivity index (χ4v) is 2.56. The van der Waals surface area contributed by atoms with E-state index in [1.807, 2.05) is 30.3 Å². The lowest BCUT2D eigenvalue weighted by Gasteiger charge is -2.14. The zero-order chi connectivity index (χ0) is 15.1. The lowest BCUT2D eigenvalue weighted by Crippen LogP contribution is -2.14. The lowest BCUT2D eigenvalue weighted by molar-refractivity contribution is 0.126. The highest BCUT2D eigenvalue weighted by molar-refractivity contribution is 9.10. The fraction of sp³-hybridized carbons (Fsp3) is 0.400. The van der Waals surface area contributed by atoms with E-state index >= 15 is 0 Å². The molecule has 0 fully saturated rings. The van der Waals surface area contributed by atoms with Crippen molar-refractivity contribution in [1.29, 1.82) is 0 Å². The average Bonchev–Trinajstić information content (AvgIpc) is 2.87. The van der Waals surface area contributed by atoms with Crippen molar-refractivity contribution in [2.75, 3.05) is 20.3 Å². The third kappa shape index (κ3) is 4.56. The zero-order valence-corrected chi connectivity index (χ0v) is 13.5. The van der Waals surface area contributed by atoms with Gasteiger partial charge in [-0.25, -0.2) is 0 Å². The van der Waals surface area contributed by atoms with Gasteiger partial charge in [0.2, 0.25) is 0 Å². The van der Waals surface area contributed by atoms with Crippen molar-refractivity contribution in [2.24, 2.45) is 0 Å². The van der Waals surface area contributed by atoms with E-state index in [1.165, 1.54) is 0 Å². The zero-order valence-electron chi connectivity index (χ0n) is 11.9. The Labute approximate surface area is 132 Å². The van der Waals surface area contributed by atoms with Gasteiger partial charge in [-0.15, -0.1) is 0 Å². The Bertz CT molecular complexity index is 545. The largest absolute Gasteiger partial charge is 0.493 e. The minimum absolute atomic E-state index is 0.438. The molecular formula is C15H19BrN2O3. The summed E-state index contributed by atoms with van der Waals surface area (Å²) >= 11 is 3.42. The number of ether oxygens (including phenoxy) is 2. The molecule has 21 heavy (non-hydrogen) atoms. The number of benzene rings is 1. The fourth-order valence-electron chi connectivity index (χ4n) is 2.00. The van der Waals surface area contributed by atoms with Gasteiger partial charge in [0.15, 0.2) is 0 Å². The number of hydrogen-bond donors (Lipinski definition) is 1. The van der Waals surface area contributed by atoms with Gasteiger partial charge in [0.1, 0.15) is 11.9 Å². The first-order valence-electron chi connectivity index (χ1n) is 6.78. The van der Waals surface area contributed by atoms with E-state index in [0.29, 0.717) is 26.2 Å². The molecule has 1 unspecified atom stereocenters. The summed E-state index contributed by atoms with van der Waals surface area (Å²) in [6.45, 7) is 1.59. The number of para-hydroxylation sites is 1. The van der Waals surface area contributed by atoms with Crippen molar-refractivity contribution in [3.63, 3.8) is 0 Å². The molecule has 0 aliphatic rings. The second-order valence-electron chi connectivity index (χ2n) is 4.56. The Kier molecular flexibility index (Phi) is 6.22. The summed E-state index contributed by atoms with van der Waals surface area (Å²) in [4.78, 5) is 0. The van der Waals surface area contributed by atoms with Gasteiger partial charge >= 0.3 is 0 Å². The predicted octanol–water partition coefficient (Wildman–Crippen LogP) is 2.79. The summed E-state index contributed by atoms with van der Waals surface area (Å²) < 4.78 is 13.2. The molecule has 2 aromatic rings. The minimum Gasteiger partial charge on any atom is -0.493 e. The van der Waals surface area contributed by atoms with E-state index in [1.54, 1.807) is 18.0 Å². The van der Waals surface area contributed by atoms with Crippen LogP contribution in [0.3, 0.4) is 0 Å². The van der Waals surface area contributed by atoms with Crippen molar-refractivity contribution in [3.8, 4) is 5.75 Å². The first kappa shape index (κ1) is 16.0. The van der Waals surface area contributed by atoms with E-state index in [9.17, 15) is 5.11 Å². The Hall–Kier alpha value is -1.37. The molecule has 1 heterocycles. The van der Waals surface area contributed by atoms with E-state index in [2.05, 4.69) is 21.0 Å². The maximum atomic E-state index is 10.3. The lowest BCUT2D eigenvalue weighted by atomic mass is 10.2. The van der Waals surface area contributed by atoms with Crippen LogP contribution in [0.4, 0.5) is 0 Å². The van der Waals surface area contributed by atoms with Crippen LogP contribution in [0.2, 0.25) is 0 Å². The van der Waals surface area contributed by atoms with Crippen molar-refractivity contribution < 1.29 is 14.6 Å². The molecule has 0 spiro atoms. The molecule has 1 N–H and O–H groups in total. The number of halogens is 1. The predicted molar refractivity (Wildman–Crippen MR) is 83.3 cm³/mol. The summed E-state index contributed by atoms with van der Waals surface area (Å²) in [5.74, 6) is 0.802. The summed E-state index contributed by atoms with van der Waals surface area (Å²) in [5, 5.41) is 14.6. The maximum Gasteiger partial charge on any atom is 0.119 e. The third-order valence-corrected chi connectivity index (χ3v) is 3.67. The van der Waals surface area contributed by atoms with E-state index < -0.39 is 6.10 Å². The highest BCUT2D eigenvalue weighted by Crippen LogP contribution is 2.25. The normalized spacial score (nSPS) is 12.3. The third-order valence-electron chi connectivity index (χ3n) is 3.06. The minimum atomic E-state index is -0.637. The number of methoxy groups -OCH3 is 1. The molecule has 0 aliphatic heterocycles. The highest BCUT2D eigenvalue weighted by Gasteiger charge is 2.17. The van der Waals surface area contributed by atoms with Crippen molar-refractivity contribution in [2.45, 2.75) is 19.1 Å². The van der Waals surface area contributed by atoms with Crippen molar-refractivity contribution in [3.05, 3.63) is 46.7 Å². The van der Waals surface area contributed by atoms with Gasteiger partial charge < -0.3 is 14.6 Å². The molecular weight excluding hydrogens is 336 g/mol. The second-order valence-corrected chi connectivity index (χ2v) is 5.41. The van der Waals surface area contributed by atoms with Crippen LogP contribution >= 0.6 is 15.9 Å². The number of aliphatic hydroxyl groups is 1. The van der Waals surface area contributed by atoms with Gasteiger partial charge in [-0.3, -0.25) is 4.68 Å². The van der Waals surface area contributed by atoms with Gasteiger partial charge in [-0.2, -0.15) is 5.10 Å². The molecule has 0 radical (unpaired) electrons. The quantitative estimate of drug-likeness (QED) is 0.791. The molecule has 0 saturated carbocycles. The summed E-state index contributed by atoms with van der Waals surface area (Å²) in [6.07, 6.45) is 1.54. The highest BCUT2D eigenvalue weighted by atomic mass is 79.9. The number of nitrogens with zero attached hydrogens (tertiary/aromatic N) is 2. The van der Waals surface area contributed by atoms with Gasteiger partial charge in [-0.05, 0) is 28.1 Å². The van der Waals surface area contributed by atoms with Crippen LogP contribution in [0.25, 0.3) is 0 Å². The molecule has 5 nitrogen and oxygen atoms in total. The SMILES string of the molecule is COCCn1ncc(Br)c1C(O)CCOc1ccccc1. The van der Waals surface area contributed by atoms with Gasteiger partial charge in [-0.1, -0.05) is 18.2 Å². The van der Waals surface area contributed by atoms with Gasteiger partial charge in [0.25, 0.3) is 0 Å². The molecule has 0 amide bonds. The monoisotopic (exact) mass is 354 g/mol. The molecule has 6 heteroatoms. The number of aliphatic hydroxyl groups excluding tert-OH is 1. The molecule has 0 saturated heterocycles. The van der Waals surface area contributed by atoms with Gasteiger partial charge in [0, 0.05) is 13.5 Å². The number of aromatic nitrogens is 2. The average molecular weight is 355 g/mol. The van der Waals surface area contributed by atoms with Crippen LogP contribution in [-0.2, 0) is 11.3 Å². The first-order valence-corrected chi connectivity index (χ1v) is 7.57. The van der Waals surface area contributed by atoms with E-state index in [-0.39, 0.29) is 0 Å². The van der Waals surface area contributed by atoms with Crippen LogP contribution in [0.5, 0.6) is 5.75 Å². The maximum absolute atomic E-state index is 10.3. The number of hydrogen-bond acceptors (Lipinski definition) is 4. The first-order chi connectivity index (χ1) is 10.2. The number of rotatable bonds is 8. The van der Waals surface area contributed by atoms with Crippen LogP contribution in [0.15, 0.2) is 41.0 Å². The summed E-state index contributed by atoms with van der Waals surface area (Å²) in [6, 6.07) is 9.56. The summed E-state index contributed by atoms with van der Waals surface area (Å²) in [5.41, 5.74) is 0.753. The van der Waals surface area contributed by atoms with E-state index in [0.717, 1.165) is 15.9 Å². The molecule has 0 bridgehead atoms.